The number of carbonyl (C=O) groups is 1. The second-order valence-corrected chi connectivity index (χ2v) is 6.58. The summed E-state index contributed by atoms with van der Waals surface area (Å²) in [5.74, 6) is -1.40. The molecule has 10 heteroatoms. The SMILES string of the molecule is COCC(O)CNS(=O)(=O)c1cc(Cl)cc(C(=O)O)c1Cl. The average Bonchev–Trinajstić information content (AvgIpc) is 2.39. The molecule has 1 aromatic rings. The first kappa shape index (κ1) is 18.1. The normalized spacial score (nSPS) is 13.1. The largest absolute Gasteiger partial charge is 0.478 e. The van der Waals surface area contributed by atoms with Crippen LogP contribution in [-0.4, -0.2) is 51.0 Å². The smallest absolute Gasteiger partial charge is 0.337 e. The van der Waals surface area contributed by atoms with Crippen molar-refractivity contribution in [2.24, 2.45) is 0 Å². The van der Waals surface area contributed by atoms with Gasteiger partial charge in [-0.25, -0.2) is 17.9 Å². The molecule has 0 fully saturated rings. The van der Waals surface area contributed by atoms with Crippen molar-refractivity contribution in [1.82, 2.24) is 4.72 Å². The molecular weight excluding hydrogens is 345 g/mol. The van der Waals surface area contributed by atoms with Gasteiger partial charge in [-0.2, -0.15) is 0 Å². The zero-order valence-electron chi connectivity index (χ0n) is 10.8. The summed E-state index contributed by atoms with van der Waals surface area (Å²) < 4.78 is 30.9. The van der Waals surface area contributed by atoms with Gasteiger partial charge >= 0.3 is 5.97 Å². The van der Waals surface area contributed by atoms with E-state index in [1.807, 2.05) is 0 Å². The number of aliphatic hydroxyl groups is 1. The van der Waals surface area contributed by atoms with E-state index in [0.29, 0.717) is 0 Å². The van der Waals surface area contributed by atoms with Crippen LogP contribution in [-0.2, 0) is 14.8 Å². The standard InChI is InChI=1S/C11H13Cl2NO6S/c1-20-5-7(15)4-14-21(18,19)9-3-6(12)2-8(10(9)13)11(16)17/h2-3,7,14-15H,4-5H2,1H3,(H,16,17). The van der Waals surface area contributed by atoms with Gasteiger partial charge in [0, 0.05) is 18.7 Å². The van der Waals surface area contributed by atoms with E-state index in [1.54, 1.807) is 0 Å². The Hall–Kier alpha value is -0.900. The quantitative estimate of drug-likeness (QED) is 0.670. The first-order valence-corrected chi connectivity index (χ1v) is 7.82. The van der Waals surface area contributed by atoms with Crippen molar-refractivity contribution in [2.45, 2.75) is 11.0 Å². The highest BCUT2D eigenvalue weighted by molar-refractivity contribution is 7.89. The number of hydrogen-bond acceptors (Lipinski definition) is 5. The molecule has 0 aromatic heterocycles. The minimum atomic E-state index is -4.13. The molecule has 1 unspecified atom stereocenters. The molecule has 0 aliphatic heterocycles. The van der Waals surface area contributed by atoms with Crippen LogP contribution < -0.4 is 4.72 Å². The maximum Gasteiger partial charge on any atom is 0.337 e. The molecule has 118 valence electrons. The number of carboxylic acid groups (broad SMARTS) is 1. The monoisotopic (exact) mass is 357 g/mol. The number of sulfonamides is 1. The lowest BCUT2D eigenvalue weighted by Gasteiger charge is -2.13. The Morgan fingerprint density at radius 3 is 2.57 bits per heavy atom. The predicted molar refractivity (Wildman–Crippen MR) is 76.5 cm³/mol. The maximum atomic E-state index is 12.1. The number of methoxy groups -OCH3 is 1. The molecule has 0 radical (unpaired) electrons. The Kier molecular flexibility index (Phi) is 6.39. The molecule has 0 heterocycles. The Morgan fingerprint density at radius 1 is 1.43 bits per heavy atom. The van der Waals surface area contributed by atoms with Crippen LogP contribution in [0.3, 0.4) is 0 Å². The fraction of sp³-hybridized carbons (Fsp3) is 0.364. The number of halogens is 2. The summed E-state index contributed by atoms with van der Waals surface area (Å²) in [4.78, 5) is 10.5. The number of hydrogen-bond donors (Lipinski definition) is 3. The third-order valence-electron chi connectivity index (χ3n) is 2.39. The number of ether oxygens (including phenoxy) is 1. The Balaban J connectivity index is 3.11. The third kappa shape index (κ3) is 4.80. The lowest BCUT2D eigenvalue weighted by atomic mass is 10.2. The van der Waals surface area contributed by atoms with E-state index in [-0.39, 0.29) is 18.2 Å². The molecule has 0 aliphatic carbocycles. The van der Waals surface area contributed by atoms with E-state index in [9.17, 15) is 18.3 Å². The van der Waals surface area contributed by atoms with E-state index >= 15 is 0 Å². The van der Waals surface area contributed by atoms with Crippen LogP contribution in [0.5, 0.6) is 0 Å². The summed E-state index contributed by atoms with van der Waals surface area (Å²) in [6.45, 7) is -0.381. The first-order chi connectivity index (χ1) is 9.69. The minimum Gasteiger partial charge on any atom is -0.478 e. The van der Waals surface area contributed by atoms with Crippen LogP contribution in [0.4, 0.5) is 0 Å². The number of aromatic carboxylic acids is 1. The van der Waals surface area contributed by atoms with Crippen molar-refractivity contribution in [3.63, 3.8) is 0 Å². The molecule has 1 rings (SSSR count). The lowest BCUT2D eigenvalue weighted by molar-refractivity contribution is 0.0678. The maximum absolute atomic E-state index is 12.1. The van der Waals surface area contributed by atoms with Gasteiger partial charge in [0.25, 0.3) is 0 Å². The molecule has 3 N–H and O–H groups in total. The summed E-state index contributed by atoms with van der Waals surface area (Å²) in [5.41, 5.74) is -0.429. The number of aliphatic hydroxyl groups excluding tert-OH is 1. The number of benzene rings is 1. The Morgan fingerprint density at radius 2 is 2.05 bits per heavy atom. The molecule has 0 amide bonds. The Labute approximate surface area is 131 Å². The highest BCUT2D eigenvalue weighted by atomic mass is 35.5. The minimum absolute atomic E-state index is 0.0633. The average molecular weight is 358 g/mol. The van der Waals surface area contributed by atoms with Gasteiger partial charge in [-0.3, -0.25) is 0 Å². The zero-order valence-corrected chi connectivity index (χ0v) is 13.2. The van der Waals surface area contributed by atoms with E-state index in [0.717, 1.165) is 12.1 Å². The van der Waals surface area contributed by atoms with Crippen molar-refractivity contribution in [3.8, 4) is 0 Å². The highest BCUT2D eigenvalue weighted by Crippen LogP contribution is 2.29. The van der Waals surface area contributed by atoms with Crippen LogP contribution in [0.25, 0.3) is 0 Å². The molecule has 1 aromatic carbocycles. The van der Waals surface area contributed by atoms with Gasteiger partial charge in [0.2, 0.25) is 10.0 Å². The second-order valence-electron chi connectivity index (χ2n) is 4.03. The summed E-state index contributed by atoms with van der Waals surface area (Å²) in [7, 11) is -2.78. The lowest BCUT2D eigenvalue weighted by Crippen LogP contribution is -2.34. The first-order valence-electron chi connectivity index (χ1n) is 5.58. The predicted octanol–water partition coefficient (Wildman–Crippen LogP) is 0.977. The van der Waals surface area contributed by atoms with Crippen molar-refractivity contribution in [3.05, 3.63) is 27.7 Å². The summed E-state index contributed by atoms with van der Waals surface area (Å²) in [6.07, 6.45) is -1.05. The van der Waals surface area contributed by atoms with E-state index in [2.05, 4.69) is 9.46 Å². The molecular formula is C11H13Cl2NO6S. The van der Waals surface area contributed by atoms with Gasteiger partial charge in [-0.1, -0.05) is 23.2 Å². The summed E-state index contributed by atoms with van der Waals surface area (Å²) in [6, 6.07) is 2.08. The molecule has 0 spiro atoms. The number of carboxylic acids is 1. The van der Waals surface area contributed by atoms with Crippen LogP contribution in [0.15, 0.2) is 17.0 Å². The molecule has 21 heavy (non-hydrogen) atoms. The second kappa shape index (κ2) is 7.39. The summed E-state index contributed by atoms with van der Waals surface area (Å²) in [5, 5.41) is 17.8. The van der Waals surface area contributed by atoms with Crippen molar-refractivity contribution >= 4 is 39.2 Å². The van der Waals surface area contributed by atoms with Gasteiger partial charge in [0.1, 0.15) is 4.90 Å². The van der Waals surface area contributed by atoms with Gasteiger partial charge < -0.3 is 14.9 Å². The van der Waals surface area contributed by atoms with E-state index < -0.39 is 37.6 Å². The fourth-order valence-corrected chi connectivity index (χ4v) is 3.42. The van der Waals surface area contributed by atoms with Crippen LogP contribution in [0.2, 0.25) is 10.0 Å². The van der Waals surface area contributed by atoms with Crippen LogP contribution in [0, 0.1) is 0 Å². The van der Waals surface area contributed by atoms with Gasteiger partial charge in [-0.15, -0.1) is 0 Å². The van der Waals surface area contributed by atoms with Crippen LogP contribution >= 0.6 is 23.2 Å². The summed E-state index contributed by atoms with van der Waals surface area (Å²) >= 11 is 11.5. The van der Waals surface area contributed by atoms with Gasteiger partial charge in [-0.05, 0) is 12.1 Å². The number of rotatable bonds is 7. The van der Waals surface area contributed by atoms with Gasteiger partial charge in [0.05, 0.1) is 23.3 Å². The van der Waals surface area contributed by atoms with Crippen molar-refractivity contribution in [2.75, 3.05) is 20.3 Å². The topological polar surface area (TPSA) is 113 Å². The van der Waals surface area contributed by atoms with Crippen molar-refractivity contribution < 1.29 is 28.2 Å². The van der Waals surface area contributed by atoms with Crippen molar-refractivity contribution in [1.29, 1.82) is 0 Å². The molecule has 0 saturated heterocycles. The third-order valence-corrected chi connectivity index (χ3v) is 4.58. The highest BCUT2D eigenvalue weighted by Gasteiger charge is 2.24. The van der Waals surface area contributed by atoms with Crippen LogP contribution in [0.1, 0.15) is 10.4 Å². The van der Waals surface area contributed by atoms with E-state index in [4.69, 9.17) is 28.3 Å². The Bertz CT molecular complexity index is 634. The molecule has 1 atom stereocenters. The molecule has 0 saturated carbocycles. The zero-order chi connectivity index (χ0) is 16.2. The number of nitrogens with one attached hydrogen (secondary N) is 1. The molecule has 0 aliphatic rings. The molecule has 7 nitrogen and oxygen atoms in total. The molecule has 0 bridgehead atoms. The van der Waals surface area contributed by atoms with E-state index in [1.165, 1.54) is 7.11 Å². The fourth-order valence-electron chi connectivity index (χ4n) is 1.45. The van der Waals surface area contributed by atoms with Gasteiger partial charge in [0.15, 0.2) is 0 Å².